The fourth-order valence-electron chi connectivity index (χ4n) is 2.32. The summed E-state index contributed by atoms with van der Waals surface area (Å²) >= 11 is 1.98. The number of hydrogen-bond acceptors (Lipinski definition) is 4. The van der Waals surface area contributed by atoms with Crippen molar-refractivity contribution in [3.63, 3.8) is 0 Å². The van der Waals surface area contributed by atoms with E-state index >= 15 is 0 Å². The van der Waals surface area contributed by atoms with E-state index in [-0.39, 0.29) is 16.6 Å². The van der Waals surface area contributed by atoms with E-state index in [4.69, 9.17) is 10.5 Å². The summed E-state index contributed by atoms with van der Waals surface area (Å²) in [6, 6.07) is 2.98. The predicted molar refractivity (Wildman–Crippen MR) is 85.2 cm³/mol. The molecule has 0 aromatic heterocycles. The van der Waals surface area contributed by atoms with Gasteiger partial charge in [0.05, 0.1) is 17.5 Å². The van der Waals surface area contributed by atoms with Crippen molar-refractivity contribution in [2.24, 2.45) is 0 Å². The molecular weight excluding hydrogens is 275 g/mol. The lowest BCUT2D eigenvalue weighted by Crippen LogP contribution is -2.27. The highest BCUT2D eigenvalue weighted by Gasteiger charge is 2.29. The number of thioether (sulfide) groups is 1. The zero-order chi connectivity index (χ0) is 14.8. The molecule has 1 aliphatic rings. The Morgan fingerprint density at radius 1 is 1.50 bits per heavy atom. The Hall–Kier alpha value is -1.10. The molecule has 0 saturated carbocycles. The minimum absolute atomic E-state index is 0.0659. The summed E-state index contributed by atoms with van der Waals surface area (Å²) in [6.45, 7) is 6.83. The summed E-state index contributed by atoms with van der Waals surface area (Å²) in [5, 5.41) is 3.34. The minimum Gasteiger partial charge on any atom is -0.488 e. The van der Waals surface area contributed by atoms with Crippen molar-refractivity contribution in [2.75, 3.05) is 23.3 Å². The van der Waals surface area contributed by atoms with Crippen molar-refractivity contribution in [1.82, 2.24) is 0 Å². The molecule has 0 radical (unpaired) electrons. The van der Waals surface area contributed by atoms with Gasteiger partial charge in [-0.2, -0.15) is 11.8 Å². The van der Waals surface area contributed by atoms with Gasteiger partial charge in [0, 0.05) is 23.4 Å². The fourth-order valence-corrected chi connectivity index (χ4v) is 3.57. The summed E-state index contributed by atoms with van der Waals surface area (Å²) in [5.74, 6) is 1.04. The van der Waals surface area contributed by atoms with E-state index in [1.165, 1.54) is 24.7 Å². The lowest BCUT2D eigenvalue weighted by Gasteiger charge is -2.24. The molecule has 5 heteroatoms. The molecule has 1 fully saturated rings. The van der Waals surface area contributed by atoms with Crippen molar-refractivity contribution < 1.29 is 9.13 Å². The third kappa shape index (κ3) is 3.72. The molecule has 1 heterocycles. The molecule has 3 nitrogen and oxygen atoms in total. The Kier molecular flexibility index (Phi) is 4.68. The van der Waals surface area contributed by atoms with E-state index in [1.807, 2.05) is 25.6 Å². The van der Waals surface area contributed by atoms with Gasteiger partial charge in [0.25, 0.3) is 0 Å². The van der Waals surface area contributed by atoms with Crippen LogP contribution in [0.1, 0.15) is 33.6 Å². The van der Waals surface area contributed by atoms with Crippen LogP contribution in [0, 0.1) is 5.82 Å². The van der Waals surface area contributed by atoms with Gasteiger partial charge in [-0.3, -0.25) is 0 Å². The molecule has 1 saturated heterocycles. The summed E-state index contributed by atoms with van der Waals surface area (Å²) < 4.78 is 19.5. The Balaban J connectivity index is 2.10. The second-order valence-electron chi connectivity index (χ2n) is 5.79. The van der Waals surface area contributed by atoms with Gasteiger partial charge < -0.3 is 15.8 Å². The zero-order valence-electron chi connectivity index (χ0n) is 12.3. The largest absolute Gasteiger partial charge is 0.488 e. The highest BCUT2D eigenvalue weighted by atomic mass is 32.2. The molecule has 112 valence electrons. The van der Waals surface area contributed by atoms with Crippen LogP contribution in [-0.2, 0) is 0 Å². The molecule has 1 aromatic rings. The summed E-state index contributed by atoms with van der Waals surface area (Å²) in [4.78, 5) is 0. The van der Waals surface area contributed by atoms with Gasteiger partial charge in [-0.25, -0.2) is 4.39 Å². The van der Waals surface area contributed by atoms with Crippen LogP contribution >= 0.6 is 11.8 Å². The minimum atomic E-state index is -0.414. The van der Waals surface area contributed by atoms with Gasteiger partial charge in [-0.05, 0) is 39.4 Å². The molecule has 1 aromatic carbocycles. The fraction of sp³-hybridized carbons (Fsp3) is 0.600. The first-order valence-electron chi connectivity index (χ1n) is 7.03. The number of nitrogens with one attached hydrogen (secondary N) is 1. The van der Waals surface area contributed by atoms with Crippen LogP contribution in [0.15, 0.2) is 12.1 Å². The Bertz CT molecular complexity index is 473. The van der Waals surface area contributed by atoms with Crippen LogP contribution in [0.3, 0.4) is 0 Å². The van der Waals surface area contributed by atoms with Crippen LogP contribution in [0.5, 0.6) is 5.75 Å². The number of nitrogen functional groups attached to an aromatic ring is 1. The van der Waals surface area contributed by atoms with Gasteiger partial charge in [0.15, 0.2) is 11.6 Å². The molecule has 0 bridgehead atoms. The van der Waals surface area contributed by atoms with Crippen LogP contribution in [0.2, 0.25) is 0 Å². The maximum atomic E-state index is 13.8. The normalized spacial score (nSPS) is 22.2. The lowest BCUT2D eigenvalue weighted by atomic mass is 10.1. The maximum absolute atomic E-state index is 13.8. The second-order valence-corrected chi connectivity index (χ2v) is 7.47. The summed E-state index contributed by atoms with van der Waals surface area (Å²) in [5.41, 5.74) is 7.05. The number of halogens is 1. The lowest BCUT2D eigenvalue weighted by molar-refractivity contribution is 0.231. The highest BCUT2D eigenvalue weighted by molar-refractivity contribution is 8.00. The molecule has 2 rings (SSSR count). The molecule has 0 amide bonds. The molecule has 3 N–H and O–H groups in total. The first-order valence-corrected chi connectivity index (χ1v) is 8.02. The number of anilines is 2. The molecule has 1 unspecified atom stereocenters. The average Bonchev–Trinajstić information content (AvgIpc) is 2.78. The first-order chi connectivity index (χ1) is 9.39. The average molecular weight is 298 g/mol. The maximum Gasteiger partial charge on any atom is 0.167 e. The standard InChI is InChI=1S/C15H23FN2OS/c1-10(2)19-14-8-13(12(17)7-11(14)16)18-9-15(3)5-4-6-20-15/h7-8,10,18H,4-6,9,17H2,1-3H3. The smallest absolute Gasteiger partial charge is 0.167 e. The molecule has 0 spiro atoms. The molecule has 0 aliphatic carbocycles. The third-order valence-electron chi connectivity index (χ3n) is 3.42. The topological polar surface area (TPSA) is 47.3 Å². The van der Waals surface area contributed by atoms with E-state index < -0.39 is 5.82 Å². The van der Waals surface area contributed by atoms with Gasteiger partial charge in [-0.1, -0.05) is 0 Å². The number of hydrogen-bond donors (Lipinski definition) is 2. The van der Waals surface area contributed by atoms with Crippen LogP contribution in [0.4, 0.5) is 15.8 Å². The van der Waals surface area contributed by atoms with Crippen molar-refractivity contribution in [3.8, 4) is 5.75 Å². The van der Waals surface area contributed by atoms with Gasteiger partial charge in [0.2, 0.25) is 0 Å². The monoisotopic (exact) mass is 298 g/mol. The summed E-state index contributed by atoms with van der Waals surface area (Å²) in [6.07, 6.45) is 2.38. The first kappa shape index (κ1) is 15.3. The van der Waals surface area contributed by atoms with Crippen molar-refractivity contribution >= 4 is 23.1 Å². The molecular formula is C15H23FN2OS. The van der Waals surface area contributed by atoms with E-state index in [9.17, 15) is 4.39 Å². The Morgan fingerprint density at radius 3 is 2.85 bits per heavy atom. The van der Waals surface area contributed by atoms with Crippen LogP contribution < -0.4 is 15.8 Å². The molecule has 1 aliphatic heterocycles. The highest BCUT2D eigenvalue weighted by Crippen LogP contribution is 2.38. The summed E-state index contributed by atoms with van der Waals surface area (Å²) in [7, 11) is 0. The number of benzene rings is 1. The van der Waals surface area contributed by atoms with E-state index in [2.05, 4.69) is 12.2 Å². The van der Waals surface area contributed by atoms with Crippen molar-refractivity contribution in [1.29, 1.82) is 0 Å². The van der Waals surface area contributed by atoms with Crippen LogP contribution in [0.25, 0.3) is 0 Å². The van der Waals surface area contributed by atoms with Gasteiger partial charge >= 0.3 is 0 Å². The van der Waals surface area contributed by atoms with Gasteiger partial charge in [0.1, 0.15) is 0 Å². The molecule has 20 heavy (non-hydrogen) atoms. The third-order valence-corrected chi connectivity index (χ3v) is 4.96. The van der Waals surface area contributed by atoms with Crippen LogP contribution in [-0.4, -0.2) is 23.1 Å². The van der Waals surface area contributed by atoms with Crippen molar-refractivity contribution in [3.05, 3.63) is 17.9 Å². The van der Waals surface area contributed by atoms with Crippen molar-refractivity contribution in [2.45, 2.75) is 44.5 Å². The van der Waals surface area contributed by atoms with E-state index in [1.54, 1.807) is 6.07 Å². The van der Waals surface area contributed by atoms with Gasteiger partial charge in [-0.15, -0.1) is 0 Å². The Morgan fingerprint density at radius 2 is 2.25 bits per heavy atom. The Labute approximate surface area is 124 Å². The number of rotatable bonds is 5. The predicted octanol–water partition coefficient (Wildman–Crippen LogP) is 3.89. The number of nitrogens with two attached hydrogens (primary N) is 1. The van der Waals surface area contributed by atoms with E-state index in [0.29, 0.717) is 5.69 Å². The SMILES string of the molecule is CC(C)Oc1cc(NCC2(C)CCCS2)c(N)cc1F. The number of ether oxygens (including phenoxy) is 1. The zero-order valence-corrected chi connectivity index (χ0v) is 13.1. The second kappa shape index (κ2) is 6.12. The molecule has 1 atom stereocenters. The van der Waals surface area contributed by atoms with E-state index in [0.717, 1.165) is 12.2 Å². The quantitative estimate of drug-likeness (QED) is 0.810.